The van der Waals surface area contributed by atoms with Gasteiger partial charge in [0.15, 0.2) is 5.96 Å². The highest BCUT2D eigenvalue weighted by Crippen LogP contribution is 2.41. The van der Waals surface area contributed by atoms with Gasteiger partial charge in [-0.25, -0.2) is 0 Å². The summed E-state index contributed by atoms with van der Waals surface area (Å²) in [4.78, 5) is 4.87. The summed E-state index contributed by atoms with van der Waals surface area (Å²) in [6.45, 7) is 8.94. The van der Waals surface area contributed by atoms with Crippen LogP contribution in [0.3, 0.4) is 0 Å². The van der Waals surface area contributed by atoms with Crippen molar-refractivity contribution in [2.45, 2.75) is 58.8 Å². The number of hydrogen-bond donors (Lipinski definition) is 2. The van der Waals surface area contributed by atoms with Crippen LogP contribution in [0.1, 0.15) is 58.8 Å². The van der Waals surface area contributed by atoms with Gasteiger partial charge in [0.05, 0.1) is 13.2 Å². The normalized spacial score (nSPS) is 20.6. The molecule has 0 aromatic carbocycles. The minimum Gasteiger partial charge on any atom is -0.377 e. The molecule has 1 fully saturated rings. The molecule has 0 aromatic heterocycles. The SMILES string of the molecule is CCNC(=NCC1(CC)CCCC1)NCCC1=CCOCC1.I. The summed E-state index contributed by atoms with van der Waals surface area (Å²) in [5, 5.41) is 6.87. The first kappa shape index (κ1) is 20.7. The van der Waals surface area contributed by atoms with Crippen molar-refractivity contribution in [1.82, 2.24) is 10.6 Å². The van der Waals surface area contributed by atoms with Crippen molar-refractivity contribution in [3.8, 4) is 0 Å². The molecule has 1 aliphatic heterocycles. The zero-order valence-electron chi connectivity index (χ0n) is 14.8. The fourth-order valence-corrected chi connectivity index (χ4v) is 3.47. The van der Waals surface area contributed by atoms with Crippen molar-refractivity contribution in [2.24, 2.45) is 10.4 Å². The van der Waals surface area contributed by atoms with Gasteiger partial charge in [0, 0.05) is 19.6 Å². The van der Waals surface area contributed by atoms with Gasteiger partial charge < -0.3 is 15.4 Å². The van der Waals surface area contributed by atoms with E-state index < -0.39 is 0 Å². The maximum atomic E-state index is 5.35. The largest absolute Gasteiger partial charge is 0.377 e. The molecule has 1 aliphatic carbocycles. The van der Waals surface area contributed by atoms with Gasteiger partial charge in [0.25, 0.3) is 0 Å². The Morgan fingerprint density at radius 1 is 1.26 bits per heavy atom. The van der Waals surface area contributed by atoms with Crippen LogP contribution >= 0.6 is 24.0 Å². The molecule has 134 valence electrons. The lowest BCUT2D eigenvalue weighted by atomic mass is 9.84. The lowest BCUT2D eigenvalue weighted by molar-refractivity contribution is 0.153. The van der Waals surface area contributed by atoms with Gasteiger partial charge in [-0.1, -0.05) is 31.4 Å². The summed E-state index contributed by atoms with van der Waals surface area (Å²) in [6, 6.07) is 0. The highest BCUT2D eigenvalue weighted by Gasteiger charge is 2.31. The predicted molar refractivity (Wildman–Crippen MR) is 109 cm³/mol. The van der Waals surface area contributed by atoms with Crippen molar-refractivity contribution < 1.29 is 4.74 Å². The first-order valence-corrected chi connectivity index (χ1v) is 9.06. The number of rotatable bonds is 7. The Morgan fingerprint density at radius 2 is 2.04 bits per heavy atom. The average Bonchev–Trinajstić information content (AvgIpc) is 3.03. The summed E-state index contributed by atoms with van der Waals surface area (Å²) in [6.07, 6.45) is 11.1. The number of hydrogen-bond acceptors (Lipinski definition) is 2. The van der Waals surface area contributed by atoms with Gasteiger partial charge >= 0.3 is 0 Å². The average molecular weight is 435 g/mol. The third kappa shape index (κ3) is 6.99. The third-order valence-electron chi connectivity index (χ3n) is 5.13. The lowest BCUT2D eigenvalue weighted by Crippen LogP contribution is -2.39. The maximum Gasteiger partial charge on any atom is 0.191 e. The zero-order chi connectivity index (χ0) is 15.7. The number of halogens is 1. The summed E-state index contributed by atoms with van der Waals surface area (Å²) in [7, 11) is 0. The van der Waals surface area contributed by atoms with E-state index in [2.05, 4.69) is 30.6 Å². The van der Waals surface area contributed by atoms with Crippen LogP contribution in [0, 0.1) is 5.41 Å². The topological polar surface area (TPSA) is 45.7 Å². The molecule has 1 heterocycles. The Morgan fingerprint density at radius 3 is 2.65 bits per heavy atom. The fraction of sp³-hybridized carbons (Fsp3) is 0.833. The minimum absolute atomic E-state index is 0. The van der Waals surface area contributed by atoms with E-state index in [1.54, 1.807) is 0 Å². The minimum atomic E-state index is 0. The molecule has 0 bridgehead atoms. The number of ether oxygens (including phenoxy) is 1. The first-order valence-electron chi connectivity index (χ1n) is 9.06. The fourth-order valence-electron chi connectivity index (χ4n) is 3.47. The number of nitrogens with zero attached hydrogens (tertiary/aromatic N) is 1. The quantitative estimate of drug-likeness (QED) is 0.276. The Kier molecular flexibility index (Phi) is 10.2. The Balaban J connectivity index is 0.00000264. The van der Waals surface area contributed by atoms with Gasteiger partial charge in [-0.2, -0.15) is 0 Å². The van der Waals surface area contributed by atoms with Crippen LogP contribution < -0.4 is 10.6 Å². The summed E-state index contributed by atoms with van der Waals surface area (Å²) in [5.74, 6) is 0.981. The van der Waals surface area contributed by atoms with E-state index in [1.807, 2.05) is 0 Å². The van der Waals surface area contributed by atoms with E-state index in [-0.39, 0.29) is 24.0 Å². The highest BCUT2D eigenvalue weighted by molar-refractivity contribution is 14.0. The molecule has 0 unspecified atom stereocenters. The van der Waals surface area contributed by atoms with Crippen LogP contribution in [0.2, 0.25) is 0 Å². The first-order chi connectivity index (χ1) is 10.8. The van der Waals surface area contributed by atoms with E-state index in [0.29, 0.717) is 5.41 Å². The Labute approximate surface area is 158 Å². The van der Waals surface area contributed by atoms with Crippen LogP contribution in [0.4, 0.5) is 0 Å². The number of aliphatic imine (C=N–C) groups is 1. The molecule has 1 saturated carbocycles. The van der Waals surface area contributed by atoms with E-state index >= 15 is 0 Å². The van der Waals surface area contributed by atoms with Crippen LogP contribution in [0.25, 0.3) is 0 Å². The maximum absolute atomic E-state index is 5.35. The third-order valence-corrected chi connectivity index (χ3v) is 5.13. The second kappa shape index (κ2) is 11.3. The molecule has 2 rings (SSSR count). The molecule has 5 heteroatoms. The molecule has 0 spiro atoms. The highest BCUT2D eigenvalue weighted by atomic mass is 127. The van der Waals surface area contributed by atoms with Crippen molar-refractivity contribution in [1.29, 1.82) is 0 Å². The monoisotopic (exact) mass is 435 g/mol. The molecule has 4 nitrogen and oxygen atoms in total. The van der Waals surface area contributed by atoms with E-state index in [0.717, 1.165) is 51.6 Å². The summed E-state index contributed by atoms with van der Waals surface area (Å²) in [5.41, 5.74) is 1.97. The Hall–Kier alpha value is -0.300. The Bertz CT molecular complexity index is 390. The summed E-state index contributed by atoms with van der Waals surface area (Å²) < 4.78 is 5.35. The van der Waals surface area contributed by atoms with Gasteiger partial charge in [0.1, 0.15) is 0 Å². The van der Waals surface area contributed by atoms with E-state index in [9.17, 15) is 0 Å². The second-order valence-corrected chi connectivity index (χ2v) is 6.62. The molecule has 23 heavy (non-hydrogen) atoms. The number of nitrogens with one attached hydrogen (secondary N) is 2. The van der Waals surface area contributed by atoms with Gasteiger partial charge in [0.2, 0.25) is 0 Å². The second-order valence-electron chi connectivity index (χ2n) is 6.62. The van der Waals surface area contributed by atoms with Crippen molar-refractivity contribution >= 4 is 29.9 Å². The zero-order valence-corrected chi connectivity index (χ0v) is 17.2. The molecular formula is C18H34IN3O. The smallest absolute Gasteiger partial charge is 0.191 e. The van der Waals surface area contributed by atoms with Crippen molar-refractivity contribution in [3.05, 3.63) is 11.6 Å². The van der Waals surface area contributed by atoms with Crippen LogP contribution in [0.5, 0.6) is 0 Å². The molecule has 2 N–H and O–H groups in total. The molecule has 0 aromatic rings. The molecule has 0 amide bonds. The molecule has 0 atom stereocenters. The van der Waals surface area contributed by atoms with Crippen molar-refractivity contribution in [2.75, 3.05) is 32.8 Å². The number of guanidine groups is 1. The summed E-state index contributed by atoms with van der Waals surface area (Å²) >= 11 is 0. The van der Waals surface area contributed by atoms with Gasteiger partial charge in [-0.3, -0.25) is 4.99 Å². The molecule has 0 radical (unpaired) electrons. The molecule has 0 saturated heterocycles. The van der Waals surface area contributed by atoms with E-state index in [4.69, 9.17) is 9.73 Å². The standard InChI is InChI=1S/C18H33N3O.HI/c1-3-18(10-5-6-11-18)15-21-17(19-4-2)20-12-7-16-8-13-22-14-9-16;/h8H,3-7,9-15H2,1-2H3,(H2,19,20,21);1H. The molecular weight excluding hydrogens is 401 g/mol. The van der Waals surface area contributed by atoms with Crippen LogP contribution in [0.15, 0.2) is 16.6 Å². The molecule has 2 aliphatic rings. The van der Waals surface area contributed by atoms with Gasteiger partial charge in [-0.05, 0) is 44.4 Å². The van der Waals surface area contributed by atoms with E-state index in [1.165, 1.54) is 37.7 Å². The van der Waals surface area contributed by atoms with Gasteiger partial charge in [-0.15, -0.1) is 24.0 Å². The van der Waals surface area contributed by atoms with Crippen LogP contribution in [-0.4, -0.2) is 38.8 Å². The van der Waals surface area contributed by atoms with Crippen molar-refractivity contribution in [3.63, 3.8) is 0 Å². The van der Waals surface area contributed by atoms with Crippen LogP contribution in [-0.2, 0) is 4.74 Å². The predicted octanol–water partition coefficient (Wildman–Crippen LogP) is 3.87. The lowest BCUT2D eigenvalue weighted by Gasteiger charge is -2.25.